The van der Waals surface area contributed by atoms with Gasteiger partial charge in [0.15, 0.2) is 0 Å². The SMILES string of the molecule is O=c1c2ccccc2c(-c2ccc(Cl)cc2)nn1-c1cc(SCCO)ccc1[N+](=O)[O-]. The molecule has 0 aliphatic rings. The number of aliphatic hydroxyl groups is 1. The number of nitro groups is 1. The Bertz CT molecular complexity index is 1340. The summed E-state index contributed by atoms with van der Waals surface area (Å²) in [5.41, 5.74) is 0.609. The van der Waals surface area contributed by atoms with E-state index >= 15 is 0 Å². The third kappa shape index (κ3) is 4.18. The van der Waals surface area contributed by atoms with Gasteiger partial charge in [0.05, 0.1) is 22.6 Å². The van der Waals surface area contributed by atoms with E-state index in [2.05, 4.69) is 5.10 Å². The zero-order chi connectivity index (χ0) is 22.0. The van der Waals surface area contributed by atoms with Crippen LogP contribution in [-0.4, -0.2) is 32.2 Å². The van der Waals surface area contributed by atoms with Gasteiger partial charge >= 0.3 is 0 Å². The number of benzene rings is 3. The summed E-state index contributed by atoms with van der Waals surface area (Å²) >= 11 is 7.34. The molecule has 1 heterocycles. The van der Waals surface area contributed by atoms with Gasteiger partial charge in [0.2, 0.25) is 0 Å². The molecule has 9 heteroatoms. The number of hydrogen-bond acceptors (Lipinski definition) is 6. The normalized spacial score (nSPS) is 11.0. The molecule has 0 spiro atoms. The number of thioether (sulfide) groups is 1. The predicted molar refractivity (Wildman–Crippen MR) is 122 cm³/mol. The van der Waals surface area contributed by atoms with Crippen LogP contribution >= 0.6 is 23.4 Å². The minimum absolute atomic E-state index is 0.0358. The van der Waals surface area contributed by atoms with E-state index in [9.17, 15) is 14.9 Å². The summed E-state index contributed by atoms with van der Waals surface area (Å²) in [4.78, 5) is 25.1. The molecule has 0 radical (unpaired) electrons. The first-order chi connectivity index (χ1) is 15.0. The maximum atomic E-state index is 13.3. The Morgan fingerprint density at radius 1 is 1.06 bits per heavy atom. The minimum Gasteiger partial charge on any atom is -0.396 e. The van der Waals surface area contributed by atoms with Gasteiger partial charge in [-0.25, -0.2) is 0 Å². The summed E-state index contributed by atoms with van der Waals surface area (Å²) in [6.07, 6.45) is 0. The molecule has 0 aliphatic carbocycles. The van der Waals surface area contributed by atoms with Crippen LogP contribution in [-0.2, 0) is 0 Å². The first-order valence-corrected chi connectivity index (χ1v) is 10.7. The van der Waals surface area contributed by atoms with Crippen LogP contribution in [0, 0.1) is 10.1 Å². The van der Waals surface area contributed by atoms with E-state index in [1.165, 1.54) is 17.8 Å². The summed E-state index contributed by atoms with van der Waals surface area (Å²) < 4.78 is 1.08. The van der Waals surface area contributed by atoms with E-state index in [-0.39, 0.29) is 18.0 Å². The monoisotopic (exact) mass is 453 g/mol. The molecule has 3 aromatic carbocycles. The number of hydrogen-bond donors (Lipinski definition) is 1. The lowest BCUT2D eigenvalue weighted by Gasteiger charge is -2.12. The van der Waals surface area contributed by atoms with E-state index in [1.54, 1.807) is 54.6 Å². The summed E-state index contributed by atoms with van der Waals surface area (Å²) in [5.74, 6) is 0.424. The van der Waals surface area contributed by atoms with Crippen LogP contribution in [0.25, 0.3) is 27.7 Å². The van der Waals surface area contributed by atoms with Crippen LogP contribution in [0.2, 0.25) is 5.02 Å². The Labute approximate surface area is 186 Å². The molecule has 1 aromatic heterocycles. The maximum Gasteiger partial charge on any atom is 0.295 e. The van der Waals surface area contributed by atoms with E-state index in [0.717, 1.165) is 10.2 Å². The van der Waals surface area contributed by atoms with Gasteiger partial charge in [0, 0.05) is 32.7 Å². The zero-order valence-electron chi connectivity index (χ0n) is 16.1. The zero-order valence-corrected chi connectivity index (χ0v) is 17.6. The first-order valence-electron chi connectivity index (χ1n) is 9.30. The third-order valence-electron chi connectivity index (χ3n) is 4.65. The van der Waals surface area contributed by atoms with Gasteiger partial charge in [-0.3, -0.25) is 14.9 Å². The lowest BCUT2D eigenvalue weighted by atomic mass is 10.1. The number of halogens is 1. The molecule has 1 N–H and O–H groups in total. The molecule has 0 amide bonds. The lowest BCUT2D eigenvalue weighted by Crippen LogP contribution is -2.23. The van der Waals surface area contributed by atoms with Crippen molar-refractivity contribution < 1.29 is 10.0 Å². The molecular formula is C22H16ClN3O4S. The lowest BCUT2D eigenvalue weighted by molar-refractivity contribution is -0.384. The number of aromatic nitrogens is 2. The van der Waals surface area contributed by atoms with Crippen molar-refractivity contribution in [3.8, 4) is 16.9 Å². The molecule has 0 bridgehead atoms. The summed E-state index contributed by atoms with van der Waals surface area (Å²) in [7, 11) is 0. The number of nitro benzene ring substituents is 1. The van der Waals surface area contributed by atoms with E-state index < -0.39 is 10.5 Å². The molecule has 0 aliphatic heterocycles. The van der Waals surface area contributed by atoms with Gasteiger partial charge < -0.3 is 5.11 Å². The van der Waals surface area contributed by atoms with Crippen molar-refractivity contribution in [1.82, 2.24) is 9.78 Å². The quantitative estimate of drug-likeness (QED) is 0.258. The second-order valence-corrected chi connectivity index (χ2v) is 8.20. The van der Waals surface area contributed by atoms with Gasteiger partial charge in [-0.1, -0.05) is 41.9 Å². The van der Waals surface area contributed by atoms with Gasteiger partial charge in [-0.15, -0.1) is 11.8 Å². The molecular weight excluding hydrogens is 438 g/mol. The largest absolute Gasteiger partial charge is 0.396 e. The van der Waals surface area contributed by atoms with Crippen molar-refractivity contribution >= 4 is 39.8 Å². The van der Waals surface area contributed by atoms with E-state index in [1.807, 2.05) is 6.07 Å². The topological polar surface area (TPSA) is 98.3 Å². The van der Waals surface area contributed by atoms with Crippen LogP contribution in [0.3, 0.4) is 0 Å². The molecule has 31 heavy (non-hydrogen) atoms. The fraction of sp³-hybridized carbons (Fsp3) is 0.0909. The molecule has 7 nitrogen and oxygen atoms in total. The predicted octanol–water partition coefficient (Wildman–Crippen LogP) is 4.70. The van der Waals surface area contributed by atoms with E-state index in [0.29, 0.717) is 32.1 Å². The molecule has 4 aromatic rings. The van der Waals surface area contributed by atoms with Crippen molar-refractivity contribution in [2.45, 2.75) is 4.90 Å². The highest BCUT2D eigenvalue weighted by atomic mass is 35.5. The fourth-order valence-corrected chi connectivity index (χ4v) is 4.07. The van der Waals surface area contributed by atoms with Crippen molar-refractivity contribution in [2.24, 2.45) is 0 Å². The average Bonchev–Trinajstić information content (AvgIpc) is 2.78. The Kier molecular flexibility index (Phi) is 6.03. The van der Waals surface area contributed by atoms with Gasteiger partial charge in [0.25, 0.3) is 11.2 Å². The number of aliphatic hydroxyl groups excluding tert-OH is 1. The first kappa shape index (κ1) is 21.0. The second-order valence-electron chi connectivity index (χ2n) is 6.60. The highest BCUT2D eigenvalue weighted by Crippen LogP contribution is 2.31. The summed E-state index contributed by atoms with van der Waals surface area (Å²) in [6.45, 7) is -0.0358. The number of nitrogens with zero attached hydrogens (tertiary/aromatic N) is 3. The molecule has 0 unspecified atom stereocenters. The Morgan fingerprint density at radius 2 is 1.77 bits per heavy atom. The van der Waals surface area contributed by atoms with Crippen molar-refractivity contribution in [2.75, 3.05) is 12.4 Å². The van der Waals surface area contributed by atoms with Gasteiger partial charge in [-0.2, -0.15) is 9.78 Å². The smallest absolute Gasteiger partial charge is 0.295 e. The van der Waals surface area contributed by atoms with Crippen LogP contribution < -0.4 is 5.56 Å². The summed E-state index contributed by atoms with van der Waals surface area (Å²) in [5, 5.41) is 26.9. The molecule has 156 valence electrons. The minimum atomic E-state index is -0.541. The van der Waals surface area contributed by atoms with Crippen LogP contribution in [0.1, 0.15) is 0 Å². The van der Waals surface area contributed by atoms with Crippen molar-refractivity contribution in [3.05, 3.63) is 92.2 Å². The molecule has 0 saturated heterocycles. The number of rotatable bonds is 6. The average molecular weight is 454 g/mol. The Hall–Kier alpha value is -3.20. The van der Waals surface area contributed by atoms with Gasteiger partial charge in [0.1, 0.15) is 5.69 Å². The molecule has 0 saturated carbocycles. The molecule has 0 atom stereocenters. The van der Waals surface area contributed by atoms with Gasteiger partial charge in [-0.05, 0) is 30.3 Å². The van der Waals surface area contributed by atoms with Crippen LogP contribution in [0.4, 0.5) is 5.69 Å². The number of fused-ring (bicyclic) bond motifs is 1. The molecule has 0 fully saturated rings. The second kappa shape index (κ2) is 8.89. The molecule has 4 rings (SSSR count). The highest BCUT2D eigenvalue weighted by Gasteiger charge is 2.21. The van der Waals surface area contributed by atoms with Crippen molar-refractivity contribution in [3.63, 3.8) is 0 Å². The standard InChI is InChI=1S/C22H16ClN3O4S/c23-15-7-5-14(6-8-15)21-17-3-1-2-4-18(17)22(28)25(24-21)20-13-16(31-12-11-27)9-10-19(20)26(29)30/h1-10,13,27H,11-12H2. The highest BCUT2D eigenvalue weighted by molar-refractivity contribution is 7.99. The fourth-order valence-electron chi connectivity index (χ4n) is 3.25. The third-order valence-corrected chi connectivity index (χ3v) is 5.88. The Morgan fingerprint density at radius 3 is 2.45 bits per heavy atom. The maximum absolute atomic E-state index is 13.3. The van der Waals surface area contributed by atoms with Crippen LogP contribution in [0.15, 0.2) is 76.4 Å². The van der Waals surface area contributed by atoms with Crippen LogP contribution in [0.5, 0.6) is 0 Å². The summed E-state index contributed by atoms with van der Waals surface area (Å²) in [6, 6.07) is 18.5. The van der Waals surface area contributed by atoms with E-state index in [4.69, 9.17) is 16.7 Å². The Balaban J connectivity index is 2.02. The van der Waals surface area contributed by atoms with Crippen molar-refractivity contribution in [1.29, 1.82) is 0 Å².